The Labute approximate surface area is 221 Å². The second-order valence-corrected chi connectivity index (χ2v) is 13.4. The maximum absolute atomic E-state index is 13.6. The molecule has 3 fully saturated rings. The molecule has 1 amide bonds. The molecule has 2 aliphatic carbocycles. The molecule has 0 spiro atoms. The average Bonchev–Trinajstić information content (AvgIpc) is 2.94. The van der Waals surface area contributed by atoms with E-state index >= 15 is 0 Å². The summed E-state index contributed by atoms with van der Waals surface area (Å²) >= 11 is 0. The number of hydrogen-bond donors (Lipinski definition) is 0. The molecule has 2 saturated carbocycles. The molecule has 2 unspecified atom stereocenters. The van der Waals surface area contributed by atoms with E-state index in [1.165, 1.54) is 12.8 Å². The number of carbonyl (C=O) groups is 1. The first-order chi connectivity index (χ1) is 14.9. The van der Waals surface area contributed by atoms with Gasteiger partial charge in [0.1, 0.15) is 0 Å². The summed E-state index contributed by atoms with van der Waals surface area (Å²) in [7, 11) is -7.35. The van der Waals surface area contributed by atoms with Crippen LogP contribution in [0.2, 0.25) is 0 Å². The molecule has 0 N–H and O–H groups in total. The third-order valence-corrected chi connectivity index (χ3v) is 9.27. The largest absolute Gasteiger partial charge is 1.00 e. The van der Waals surface area contributed by atoms with Crippen molar-refractivity contribution in [2.45, 2.75) is 76.3 Å². The molecule has 0 bridgehead atoms. The van der Waals surface area contributed by atoms with Crippen LogP contribution in [0.4, 0.5) is 0 Å². The predicted octanol–water partition coefficient (Wildman–Crippen LogP) is -1.73. The fourth-order valence-electron chi connectivity index (χ4n) is 6.37. The van der Waals surface area contributed by atoms with Gasteiger partial charge in [-0.25, -0.2) is 16.8 Å². The van der Waals surface area contributed by atoms with Gasteiger partial charge in [-0.05, 0) is 25.7 Å². The summed E-state index contributed by atoms with van der Waals surface area (Å²) in [5.74, 6) is -2.86. The zero-order valence-corrected chi connectivity index (χ0v) is 23.6. The molecule has 33 heavy (non-hydrogen) atoms. The molecular weight excluding hydrogens is 479 g/mol. The SMILES string of the molecule is C[N+]1(CC(=O)N(C2CCCCC2)C2CCCCC2)CC(CS(=O)(=O)[O-])C(CS(=O)(=O)[O-])C1.[Na+]. The second-order valence-electron chi connectivity index (χ2n) is 10.5. The Morgan fingerprint density at radius 1 is 0.788 bits per heavy atom. The first kappa shape index (κ1) is 29.5. The number of rotatable bonds is 8. The van der Waals surface area contributed by atoms with Crippen LogP contribution in [0.15, 0.2) is 0 Å². The van der Waals surface area contributed by atoms with Gasteiger partial charge in [0, 0.05) is 35.4 Å². The van der Waals surface area contributed by atoms with Gasteiger partial charge in [-0.15, -0.1) is 0 Å². The van der Waals surface area contributed by atoms with E-state index in [-0.39, 0.29) is 71.7 Å². The molecule has 0 aromatic heterocycles. The van der Waals surface area contributed by atoms with Crippen molar-refractivity contribution in [1.82, 2.24) is 4.90 Å². The van der Waals surface area contributed by atoms with Gasteiger partial charge in [-0.3, -0.25) is 4.79 Å². The molecule has 0 aromatic carbocycles. The smallest absolute Gasteiger partial charge is 0.748 e. The quantitative estimate of drug-likeness (QED) is 0.212. The van der Waals surface area contributed by atoms with Crippen LogP contribution in [-0.2, 0) is 25.0 Å². The Morgan fingerprint density at radius 2 is 1.15 bits per heavy atom. The molecule has 1 saturated heterocycles. The molecule has 1 heterocycles. The van der Waals surface area contributed by atoms with Crippen molar-refractivity contribution in [1.29, 1.82) is 0 Å². The molecule has 1 aliphatic heterocycles. The van der Waals surface area contributed by atoms with Crippen LogP contribution in [0.1, 0.15) is 64.2 Å². The fourth-order valence-corrected chi connectivity index (χ4v) is 8.17. The minimum absolute atomic E-state index is 0. The molecule has 3 aliphatic rings. The van der Waals surface area contributed by atoms with E-state index in [0.717, 1.165) is 51.4 Å². The van der Waals surface area contributed by atoms with Crippen molar-refractivity contribution in [2.75, 3.05) is 38.2 Å². The summed E-state index contributed by atoms with van der Waals surface area (Å²) in [5.41, 5.74) is 0. The Morgan fingerprint density at radius 3 is 1.48 bits per heavy atom. The monoisotopic (exact) mass is 516 g/mol. The van der Waals surface area contributed by atoms with Crippen LogP contribution in [0.5, 0.6) is 0 Å². The van der Waals surface area contributed by atoms with E-state index in [2.05, 4.69) is 4.90 Å². The van der Waals surface area contributed by atoms with E-state index in [9.17, 15) is 30.7 Å². The first-order valence-corrected chi connectivity index (χ1v) is 15.0. The third kappa shape index (κ3) is 9.00. The van der Waals surface area contributed by atoms with Gasteiger partial charge in [0.15, 0.2) is 6.54 Å². The first-order valence-electron chi connectivity index (χ1n) is 11.9. The second kappa shape index (κ2) is 12.0. The van der Waals surface area contributed by atoms with Crippen LogP contribution in [0.3, 0.4) is 0 Å². The van der Waals surface area contributed by atoms with E-state index in [1.807, 2.05) is 0 Å². The zero-order valence-electron chi connectivity index (χ0n) is 20.0. The Bertz CT molecular complexity index is 809. The van der Waals surface area contributed by atoms with Gasteiger partial charge < -0.3 is 18.5 Å². The Balaban J connectivity index is 0.00000385. The maximum atomic E-state index is 13.6. The van der Waals surface area contributed by atoms with E-state index in [1.54, 1.807) is 7.05 Å². The minimum atomic E-state index is -4.58. The van der Waals surface area contributed by atoms with Crippen LogP contribution in [0, 0.1) is 11.8 Å². The van der Waals surface area contributed by atoms with Crippen LogP contribution >= 0.6 is 0 Å². The van der Waals surface area contributed by atoms with Crippen LogP contribution in [-0.4, -0.2) is 91.5 Å². The predicted molar refractivity (Wildman–Crippen MR) is 117 cm³/mol. The van der Waals surface area contributed by atoms with Crippen LogP contribution in [0.25, 0.3) is 0 Å². The number of likely N-dealkylation sites (tertiary alicyclic amines) is 1. The van der Waals surface area contributed by atoms with Gasteiger partial charge in [0.2, 0.25) is 0 Å². The number of quaternary nitrogens is 1. The normalized spacial score (nSPS) is 30.0. The van der Waals surface area contributed by atoms with Crippen molar-refractivity contribution in [3.8, 4) is 0 Å². The number of hydrogen-bond acceptors (Lipinski definition) is 7. The molecule has 3 rings (SSSR count). The van der Waals surface area contributed by atoms with Gasteiger partial charge >= 0.3 is 29.6 Å². The van der Waals surface area contributed by atoms with E-state index < -0.39 is 43.6 Å². The van der Waals surface area contributed by atoms with Gasteiger partial charge in [0.05, 0.1) is 40.4 Å². The topological polar surface area (TPSA) is 135 Å². The number of carbonyl (C=O) groups excluding carboxylic acids is 1. The summed E-state index contributed by atoms with van der Waals surface area (Å²) in [5, 5.41) is 0. The van der Waals surface area contributed by atoms with Crippen molar-refractivity contribution in [2.24, 2.45) is 11.8 Å². The van der Waals surface area contributed by atoms with Crippen LogP contribution < -0.4 is 29.6 Å². The van der Waals surface area contributed by atoms with Gasteiger partial charge in [-0.2, -0.15) is 0 Å². The molecular formula is C21H37N2NaO7S2. The summed E-state index contributed by atoms with van der Waals surface area (Å²) in [4.78, 5) is 15.7. The molecule has 0 radical (unpaired) electrons. The summed E-state index contributed by atoms with van der Waals surface area (Å²) in [6.07, 6.45) is 10.8. The molecule has 9 nitrogen and oxygen atoms in total. The maximum Gasteiger partial charge on any atom is 1.00 e. The Hall–Kier alpha value is 0.250. The summed E-state index contributed by atoms with van der Waals surface area (Å²) < 4.78 is 68.5. The molecule has 2 atom stereocenters. The van der Waals surface area contributed by atoms with Gasteiger partial charge in [-0.1, -0.05) is 38.5 Å². The van der Waals surface area contributed by atoms with Crippen molar-refractivity contribution >= 4 is 26.1 Å². The number of likely N-dealkylation sites (N-methyl/N-ethyl adjacent to an activating group) is 1. The van der Waals surface area contributed by atoms with Gasteiger partial charge in [0.25, 0.3) is 5.91 Å². The molecule has 0 aromatic rings. The molecule has 186 valence electrons. The molecule has 12 heteroatoms. The average molecular weight is 517 g/mol. The third-order valence-electron chi connectivity index (χ3n) is 7.59. The number of amides is 1. The van der Waals surface area contributed by atoms with Crippen molar-refractivity contribution in [3.63, 3.8) is 0 Å². The van der Waals surface area contributed by atoms with E-state index in [0.29, 0.717) is 0 Å². The van der Waals surface area contributed by atoms with Crippen molar-refractivity contribution in [3.05, 3.63) is 0 Å². The zero-order chi connectivity index (χ0) is 23.6. The number of nitrogens with zero attached hydrogens (tertiary/aromatic N) is 2. The van der Waals surface area contributed by atoms with Crippen molar-refractivity contribution < 1.29 is 64.8 Å². The fraction of sp³-hybridized carbons (Fsp3) is 0.952. The standard InChI is InChI=1S/C21H38N2O7S2.Na/c1-23(12-17(15-31(25,26)27)18(13-23)16-32(28,29)30)14-21(24)22(19-8-4-2-5-9-19)20-10-6-3-7-11-20;/h17-20H,2-16H2,1H3,(H-,25,26,27,28,29,30);/q;+1/p-1. The van der Waals surface area contributed by atoms with E-state index in [4.69, 9.17) is 0 Å². The minimum Gasteiger partial charge on any atom is -0.748 e. The summed E-state index contributed by atoms with van der Waals surface area (Å²) in [6, 6.07) is 0.452. The Kier molecular flexibility index (Phi) is 10.7. The summed E-state index contributed by atoms with van der Waals surface area (Å²) in [6.45, 7) is 0.547.